The van der Waals surface area contributed by atoms with Gasteiger partial charge in [-0.15, -0.1) is 0 Å². The van der Waals surface area contributed by atoms with Crippen molar-refractivity contribution in [2.75, 3.05) is 38.3 Å². The highest BCUT2D eigenvalue weighted by atomic mass is 32.1. The highest BCUT2D eigenvalue weighted by Gasteiger charge is 2.56. The monoisotopic (exact) mass is 308 g/mol. The maximum Gasteiger partial charge on any atom is 0.248 e. The van der Waals surface area contributed by atoms with Crippen molar-refractivity contribution in [2.45, 2.75) is 13.3 Å². The Morgan fingerprint density at radius 3 is 3.05 bits per heavy atom. The summed E-state index contributed by atoms with van der Waals surface area (Å²) in [6.45, 7) is 4.08. The molecule has 3 heterocycles. The Morgan fingerprint density at radius 2 is 2.38 bits per heavy atom. The molecule has 6 heteroatoms. The van der Waals surface area contributed by atoms with E-state index in [-0.39, 0.29) is 24.3 Å². The second-order valence-electron chi connectivity index (χ2n) is 5.95. The fraction of sp³-hybridized carbons (Fsp3) is 0.600. The molecule has 1 aromatic heterocycles. The molecule has 0 aliphatic carbocycles. The number of carbonyl (C=O) groups is 2. The van der Waals surface area contributed by atoms with E-state index < -0.39 is 5.41 Å². The second-order valence-corrected chi connectivity index (χ2v) is 6.73. The Morgan fingerprint density at radius 1 is 1.57 bits per heavy atom. The molecule has 0 aromatic carbocycles. The molecule has 0 N–H and O–H groups in total. The molecule has 0 saturated carbocycles. The van der Waals surface area contributed by atoms with E-state index in [1.807, 2.05) is 21.7 Å². The summed E-state index contributed by atoms with van der Waals surface area (Å²) < 4.78 is 4.92. The van der Waals surface area contributed by atoms with E-state index in [1.165, 1.54) is 7.11 Å². The van der Waals surface area contributed by atoms with Gasteiger partial charge >= 0.3 is 0 Å². The lowest BCUT2D eigenvalue weighted by molar-refractivity contribution is -0.135. The molecule has 2 aliphatic heterocycles. The van der Waals surface area contributed by atoms with Gasteiger partial charge in [-0.25, -0.2) is 0 Å². The van der Waals surface area contributed by atoms with Crippen LogP contribution in [0.3, 0.4) is 0 Å². The van der Waals surface area contributed by atoms with Crippen molar-refractivity contribution in [3.05, 3.63) is 16.8 Å². The number of thiophene rings is 1. The number of hydrogen-bond acceptors (Lipinski definition) is 4. The third-order valence-electron chi connectivity index (χ3n) is 4.80. The van der Waals surface area contributed by atoms with Crippen molar-refractivity contribution in [3.63, 3.8) is 0 Å². The first-order valence-corrected chi connectivity index (χ1v) is 8.13. The fourth-order valence-electron chi connectivity index (χ4n) is 3.52. The number of ether oxygens (including phenoxy) is 1. The number of nitrogens with zero attached hydrogens (tertiary/aromatic N) is 2. The normalized spacial score (nSPS) is 28.9. The van der Waals surface area contributed by atoms with Crippen LogP contribution in [0.2, 0.25) is 0 Å². The third kappa shape index (κ3) is 2.26. The van der Waals surface area contributed by atoms with Gasteiger partial charge in [-0.3, -0.25) is 9.59 Å². The molecular weight excluding hydrogens is 288 g/mol. The Labute approximate surface area is 128 Å². The molecule has 114 valence electrons. The van der Waals surface area contributed by atoms with Gasteiger partial charge in [-0.2, -0.15) is 11.3 Å². The number of methoxy groups -OCH3 is 1. The molecule has 2 amide bonds. The van der Waals surface area contributed by atoms with Crippen LogP contribution in [0, 0.1) is 11.3 Å². The van der Waals surface area contributed by atoms with Crippen LogP contribution in [0.15, 0.2) is 16.8 Å². The topological polar surface area (TPSA) is 49.9 Å². The molecule has 0 bridgehead atoms. The van der Waals surface area contributed by atoms with Crippen LogP contribution in [0.5, 0.6) is 0 Å². The van der Waals surface area contributed by atoms with Gasteiger partial charge in [-0.1, -0.05) is 6.92 Å². The fourth-order valence-corrected chi connectivity index (χ4v) is 4.16. The molecular formula is C15H20N2O3S. The van der Waals surface area contributed by atoms with Crippen LogP contribution in [-0.2, 0) is 14.3 Å². The highest BCUT2D eigenvalue weighted by molar-refractivity contribution is 7.08. The third-order valence-corrected chi connectivity index (χ3v) is 5.47. The lowest BCUT2D eigenvalue weighted by Gasteiger charge is -2.26. The Kier molecular flexibility index (Phi) is 3.75. The summed E-state index contributed by atoms with van der Waals surface area (Å²) in [5.41, 5.74) is 0.571. The Bertz CT molecular complexity index is 545. The zero-order valence-electron chi connectivity index (χ0n) is 12.4. The summed E-state index contributed by atoms with van der Waals surface area (Å²) in [5.74, 6) is 0.332. The molecule has 0 radical (unpaired) electrons. The van der Waals surface area contributed by atoms with E-state index >= 15 is 0 Å². The smallest absolute Gasteiger partial charge is 0.248 e. The number of rotatable bonds is 3. The summed E-state index contributed by atoms with van der Waals surface area (Å²) in [6.07, 6.45) is 0.819. The maximum atomic E-state index is 12.9. The Balaban J connectivity index is 1.79. The number of anilines is 1. The summed E-state index contributed by atoms with van der Waals surface area (Å²) in [5, 5.41) is 3.99. The Hall–Kier alpha value is -1.40. The SMILES string of the molecule is COCC(=O)N1C[C@@H](C)[C@@]2(CCN(c3ccsc3)C2=O)C1. The van der Waals surface area contributed by atoms with Gasteiger partial charge in [-0.05, 0) is 23.8 Å². The van der Waals surface area contributed by atoms with Crippen LogP contribution in [0.25, 0.3) is 0 Å². The predicted octanol–water partition coefficient (Wildman–Crippen LogP) is 1.60. The predicted molar refractivity (Wildman–Crippen MR) is 81.3 cm³/mol. The average Bonchev–Trinajstić information content (AvgIpc) is 3.14. The van der Waals surface area contributed by atoms with Crippen LogP contribution < -0.4 is 4.90 Å². The number of amides is 2. The molecule has 2 saturated heterocycles. The molecule has 2 fully saturated rings. The van der Waals surface area contributed by atoms with E-state index in [2.05, 4.69) is 6.92 Å². The lowest BCUT2D eigenvalue weighted by Crippen LogP contribution is -2.40. The number of carbonyl (C=O) groups excluding carboxylic acids is 2. The van der Waals surface area contributed by atoms with Crippen molar-refractivity contribution >= 4 is 28.8 Å². The average molecular weight is 308 g/mol. The van der Waals surface area contributed by atoms with Gasteiger partial charge in [0, 0.05) is 32.1 Å². The van der Waals surface area contributed by atoms with E-state index in [0.717, 1.165) is 18.7 Å². The van der Waals surface area contributed by atoms with Gasteiger partial charge in [0.1, 0.15) is 6.61 Å². The number of likely N-dealkylation sites (tertiary alicyclic amines) is 1. The molecule has 3 rings (SSSR count). The molecule has 2 aliphatic rings. The van der Waals surface area contributed by atoms with Crippen LogP contribution in [-0.4, -0.2) is 50.1 Å². The van der Waals surface area contributed by atoms with Gasteiger partial charge in [0.2, 0.25) is 11.8 Å². The second kappa shape index (κ2) is 5.42. The summed E-state index contributed by atoms with van der Waals surface area (Å²) in [7, 11) is 1.52. The molecule has 5 nitrogen and oxygen atoms in total. The van der Waals surface area contributed by atoms with Crippen LogP contribution >= 0.6 is 11.3 Å². The van der Waals surface area contributed by atoms with E-state index in [0.29, 0.717) is 13.1 Å². The molecule has 2 atom stereocenters. The summed E-state index contributed by atoms with van der Waals surface area (Å²) in [6, 6.07) is 1.98. The van der Waals surface area contributed by atoms with Crippen molar-refractivity contribution in [3.8, 4) is 0 Å². The van der Waals surface area contributed by atoms with Crippen molar-refractivity contribution < 1.29 is 14.3 Å². The zero-order valence-corrected chi connectivity index (χ0v) is 13.2. The minimum absolute atomic E-state index is 0.0250. The van der Waals surface area contributed by atoms with E-state index in [9.17, 15) is 9.59 Å². The number of hydrogen-bond donors (Lipinski definition) is 0. The first-order valence-electron chi connectivity index (χ1n) is 7.19. The molecule has 21 heavy (non-hydrogen) atoms. The van der Waals surface area contributed by atoms with E-state index in [4.69, 9.17) is 4.74 Å². The van der Waals surface area contributed by atoms with Gasteiger partial charge in [0.05, 0.1) is 11.1 Å². The highest BCUT2D eigenvalue weighted by Crippen LogP contribution is 2.46. The van der Waals surface area contributed by atoms with Gasteiger partial charge in [0.25, 0.3) is 0 Å². The van der Waals surface area contributed by atoms with Gasteiger partial charge in [0.15, 0.2) is 0 Å². The van der Waals surface area contributed by atoms with E-state index in [1.54, 1.807) is 16.2 Å². The largest absolute Gasteiger partial charge is 0.375 e. The lowest BCUT2D eigenvalue weighted by atomic mass is 9.78. The standard InChI is InChI=1S/C15H20N2O3S/c1-11-7-16(13(18)8-20-2)10-15(11)4-5-17(14(15)19)12-3-6-21-9-12/h3,6,9,11H,4-5,7-8,10H2,1-2H3/t11-,15-/m1/s1. The molecule has 1 aromatic rings. The van der Waals surface area contributed by atoms with Crippen LogP contribution in [0.1, 0.15) is 13.3 Å². The minimum atomic E-state index is -0.411. The first kappa shape index (κ1) is 14.5. The molecule has 1 spiro atoms. The van der Waals surface area contributed by atoms with Crippen LogP contribution in [0.4, 0.5) is 5.69 Å². The van der Waals surface area contributed by atoms with Crippen molar-refractivity contribution in [1.82, 2.24) is 4.90 Å². The summed E-state index contributed by atoms with van der Waals surface area (Å²) >= 11 is 1.60. The van der Waals surface area contributed by atoms with Crippen molar-refractivity contribution in [1.29, 1.82) is 0 Å². The van der Waals surface area contributed by atoms with Crippen molar-refractivity contribution in [2.24, 2.45) is 11.3 Å². The minimum Gasteiger partial charge on any atom is -0.375 e. The molecule has 0 unspecified atom stereocenters. The van der Waals surface area contributed by atoms with Gasteiger partial charge < -0.3 is 14.5 Å². The quantitative estimate of drug-likeness (QED) is 0.852. The first-order chi connectivity index (χ1) is 10.1. The zero-order chi connectivity index (χ0) is 15.0. The summed E-state index contributed by atoms with van der Waals surface area (Å²) in [4.78, 5) is 28.6. The maximum absolute atomic E-state index is 12.9.